The van der Waals surface area contributed by atoms with Gasteiger partial charge in [-0.3, -0.25) is 0 Å². The number of nitrogens with zero attached hydrogens (tertiary/aromatic N) is 2. The predicted octanol–water partition coefficient (Wildman–Crippen LogP) is 1.89. The lowest BCUT2D eigenvalue weighted by Gasteiger charge is -2.06. The van der Waals surface area contributed by atoms with Crippen molar-refractivity contribution in [3.05, 3.63) is 11.5 Å². The van der Waals surface area contributed by atoms with Gasteiger partial charge in [0.05, 0.1) is 12.8 Å². The summed E-state index contributed by atoms with van der Waals surface area (Å²) in [4.78, 5) is 7.64. The Hall–Kier alpha value is -1.03. The topological polar surface area (TPSA) is 61.0 Å². The molecule has 0 saturated heterocycles. The van der Waals surface area contributed by atoms with Gasteiger partial charge in [-0.25, -0.2) is 4.98 Å². The van der Waals surface area contributed by atoms with Gasteiger partial charge in [-0.05, 0) is 23.9 Å². The van der Waals surface area contributed by atoms with E-state index >= 15 is 0 Å². The van der Waals surface area contributed by atoms with E-state index in [-0.39, 0.29) is 5.28 Å². The van der Waals surface area contributed by atoms with Crippen LogP contribution in [0.25, 0.3) is 0 Å². The second kappa shape index (κ2) is 4.00. The molecule has 0 radical (unpaired) electrons. The normalized spacial score (nSPS) is 15.5. The van der Waals surface area contributed by atoms with E-state index in [1.165, 1.54) is 19.0 Å². The Labute approximate surface area is 87.4 Å². The average Bonchev–Trinajstić information content (AvgIpc) is 2.95. The Morgan fingerprint density at radius 1 is 1.57 bits per heavy atom. The van der Waals surface area contributed by atoms with Gasteiger partial charge >= 0.3 is 0 Å². The predicted molar refractivity (Wildman–Crippen MR) is 54.3 cm³/mol. The Bertz CT molecular complexity index is 328. The zero-order valence-electron chi connectivity index (χ0n) is 7.74. The number of rotatable bonds is 4. The van der Waals surface area contributed by atoms with Crippen LogP contribution in [0, 0.1) is 5.92 Å². The summed E-state index contributed by atoms with van der Waals surface area (Å²) in [6.07, 6.45) is 5.18. The number of anilines is 1. The molecule has 1 fully saturated rings. The summed E-state index contributed by atoms with van der Waals surface area (Å²) in [6, 6.07) is 0. The first-order valence-corrected chi connectivity index (χ1v) is 5.04. The van der Waals surface area contributed by atoms with E-state index in [2.05, 4.69) is 9.97 Å². The molecule has 2 rings (SSSR count). The fourth-order valence-electron chi connectivity index (χ4n) is 1.20. The van der Waals surface area contributed by atoms with Crippen LogP contribution >= 0.6 is 11.6 Å². The summed E-state index contributed by atoms with van der Waals surface area (Å²) in [5, 5.41) is 0.167. The van der Waals surface area contributed by atoms with Crippen molar-refractivity contribution in [2.24, 2.45) is 5.92 Å². The highest BCUT2D eigenvalue weighted by Gasteiger charge is 2.20. The number of ether oxygens (including phenoxy) is 1. The van der Waals surface area contributed by atoms with Crippen LogP contribution in [0.5, 0.6) is 5.88 Å². The number of hydrogen-bond acceptors (Lipinski definition) is 4. The number of hydrogen-bond donors (Lipinski definition) is 1. The molecular formula is C9H12ClN3O. The van der Waals surface area contributed by atoms with E-state index in [1.807, 2.05) is 0 Å². The highest BCUT2D eigenvalue weighted by molar-refractivity contribution is 6.28. The van der Waals surface area contributed by atoms with Gasteiger partial charge in [-0.15, -0.1) is 0 Å². The third-order valence-electron chi connectivity index (χ3n) is 2.21. The molecule has 1 saturated carbocycles. The molecule has 0 atom stereocenters. The molecule has 14 heavy (non-hydrogen) atoms. The summed E-state index contributed by atoms with van der Waals surface area (Å²) < 4.78 is 5.41. The van der Waals surface area contributed by atoms with E-state index in [9.17, 15) is 0 Å². The van der Waals surface area contributed by atoms with E-state index in [0.29, 0.717) is 18.2 Å². The molecule has 1 aromatic rings. The number of halogens is 1. The lowest BCUT2D eigenvalue weighted by molar-refractivity contribution is 0.292. The van der Waals surface area contributed by atoms with Crippen molar-refractivity contribution in [3.63, 3.8) is 0 Å². The quantitative estimate of drug-likeness (QED) is 0.776. The third-order valence-corrected chi connectivity index (χ3v) is 2.39. The van der Waals surface area contributed by atoms with Crippen LogP contribution in [0.1, 0.15) is 19.3 Å². The van der Waals surface area contributed by atoms with Crippen molar-refractivity contribution in [2.45, 2.75) is 19.3 Å². The summed E-state index contributed by atoms with van der Waals surface area (Å²) in [5.74, 6) is 1.24. The molecule has 0 aliphatic heterocycles. The van der Waals surface area contributed by atoms with Gasteiger partial charge in [-0.2, -0.15) is 4.98 Å². The van der Waals surface area contributed by atoms with E-state index in [1.54, 1.807) is 0 Å². The highest BCUT2D eigenvalue weighted by atomic mass is 35.5. The number of aromatic nitrogens is 2. The number of nitrogen functional groups attached to an aromatic ring is 1. The minimum atomic E-state index is 0.167. The zero-order chi connectivity index (χ0) is 9.97. The Morgan fingerprint density at radius 2 is 2.36 bits per heavy atom. The molecule has 0 aromatic carbocycles. The maximum atomic E-state index is 5.61. The van der Waals surface area contributed by atoms with Gasteiger partial charge in [0.25, 0.3) is 0 Å². The van der Waals surface area contributed by atoms with Crippen molar-refractivity contribution in [1.82, 2.24) is 9.97 Å². The molecule has 5 heteroatoms. The van der Waals surface area contributed by atoms with Crippen molar-refractivity contribution >= 4 is 17.3 Å². The van der Waals surface area contributed by atoms with E-state index in [0.717, 1.165) is 12.3 Å². The van der Waals surface area contributed by atoms with Crippen molar-refractivity contribution in [3.8, 4) is 5.88 Å². The Kier molecular flexibility index (Phi) is 2.72. The Morgan fingerprint density at radius 3 is 3.07 bits per heavy atom. The molecule has 76 valence electrons. The van der Waals surface area contributed by atoms with Crippen LogP contribution in [0.3, 0.4) is 0 Å². The lowest BCUT2D eigenvalue weighted by atomic mass is 10.3. The fraction of sp³-hybridized carbons (Fsp3) is 0.556. The zero-order valence-corrected chi connectivity index (χ0v) is 8.50. The molecule has 2 N–H and O–H groups in total. The fourth-order valence-corrected chi connectivity index (χ4v) is 1.33. The van der Waals surface area contributed by atoms with Gasteiger partial charge in [-0.1, -0.05) is 12.8 Å². The molecule has 1 aliphatic carbocycles. The second-order valence-corrected chi connectivity index (χ2v) is 3.82. The first-order chi connectivity index (χ1) is 6.75. The largest absolute Gasteiger partial charge is 0.476 e. The molecule has 1 heterocycles. The first-order valence-electron chi connectivity index (χ1n) is 4.66. The maximum Gasteiger partial charge on any atom is 0.241 e. The molecule has 0 bridgehead atoms. The molecule has 0 unspecified atom stereocenters. The molecule has 1 aliphatic rings. The first kappa shape index (κ1) is 9.52. The van der Waals surface area contributed by atoms with Gasteiger partial charge in [0.15, 0.2) is 0 Å². The lowest BCUT2D eigenvalue weighted by Crippen LogP contribution is -2.03. The minimum absolute atomic E-state index is 0.167. The monoisotopic (exact) mass is 213 g/mol. The summed E-state index contributed by atoms with van der Waals surface area (Å²) in [7, 11) is 0. The van der Waals surface area contributed by atoms with Crippen LogP contribution in [-0.4, -0.2) is 16.6 Å². The van der Waals surface area contributed by atoms with E-state index in [4.69, 9.17) is 22.1 Å². The van der Waals surface area contributed by atoms with Crippen LogP contribution in [0.4, 0.5) is 5.69 Å². The van der Waals surface area contributed by atoms with Crippen LogP contribution in [0.2, 0.25) is 5.28 Å². The van der Waals surface area contributed by atoms with Crippen molar-refractivity contribution < 1.29 is 4.74 Å². The van der Waals surface area contributed by atoms with Crippen LogP contribution in [0.15, 0.2) is 6.20 Å². The SMILES string of the molecule is Nc1cnc(Cl)nc1OCCC1CC1. The highest BCUT2D eigenvalue weighted by Crippen LogP contribution is 2.32. The smallest absolute Gasteiger partial charge is 0.241 e. The molecule has 4 nitrogen and oxygen atoms in total. The van der Waals surface area contributed by atoms with Gasteiger partial charge < -0.3 is 10.5 Å². The maximum absolute atomic E-state index is 5.61. The third kappa shape index (κ3) is 2.48. The van der Waals surface area contributed by atoms with Gasteiger partial charge in [0.1, 0.15) is 5.69 Å². The van der Waals surface area contributed by atoms with Crippen LogP contribution < -0.4 is 10.5 Å². The summed E-state index contributed by atoms with van der Waals surface area (Å²) in [6.45, 7) is 0.655. The molecular weight excluding hydrogens is 202 g/mol. The van der Waals surface area contributed by atoms with Crippen molar-refractivity contribution in [1.29, 1.82) is 0 Å². The van der Waals surface area contributed by atoms with Crippen LogP contribution in [-0.2, 0) is 0 Å². The molecule has 0 spiro atoms. The second-order valence-electron chi connectivity index (χ2n) is 3.48. The van der Waals surface area contributed by atoms with Gasteiger partial charge in [0, 0.05) is 0 Å². The summed E-state index contributed by atoms with van der Waals surface area (Å²) in [5.41, 5.74) is 6.05. The standard InChI is InChI=1S/C9H12ClN3O/c10-9-12-5-7(11)8(13-9)14-4-3-6-1-2-6/h5-6H,1-4,11H2. The summed E-state index contributed by atoms with van der Waals surface area (Å²) >= 11 is 5.61. The molecule has 0 amide bonds. The Balaban J connectivity index is 1.89. The minimum Gasteiger partial charge on any atom is -0.476 e. The van der Waals surface area contributed by atoms with Gasteiger partial charge in [0.2, 0.25) is 11.2 Å². The van der Waals surface area contributed by atoms with E-state index < -0.39 is 0 Å². The average molecular weight is 214 g/mol. The molecule has 1 aromatic heterocycles. The number of nitrogens with two attached hydrogens (primary N) is 1. The van der Waals surface area contributed by atoms with Crippen molar-refractivity contribution in [2.75, 3.05) is 12.3 Å².